The molecule has 3 N–H and O–H groups in total. The summed E-state index contributed by atoms with van der Waals surface area (Å²) < 4.78 is 40.3. The van der Waals surface area contributed by atoms with Crippen LogP contribution in [0.15, 0.2) is 58.5 Å². The molecule has 1 heterocycles. The lowest BCUT2D eigenvalue weighted by molar-refractivity contribution is -0.119. The van der Waals surface area contributed by atoms with Crippen molar-refractivity contribution in [1.82, 2.24) is 4.72 Å². The van der Waals surface area contributed by atoms with E-state index in [1.165, 1.54) is 11.1 Å². The number of primary amides is 1. The van der Waals surface area contributed by atoms with E-state index in [4.69, 9.17) is 17.3 Å². The number of para-hydroxylation sites is 1. The second-order valence-electron chi connectivity index (χ2n) is 5.86. The third-order valence-electron chi connectivity index (χ3n) is 3.93. The van der Waals surface area contributed by atoms with Gasteiger partial charge in [-0.15, -0.1) is 0 Å². The van der Waals surface area contributed by atoms with Gasteiger partial charge < -0.3 is 5.73 Å². The summed E-state index contributed by atoms with van der Waals surface area (Å²) in [5.74, 6) is -2.93. The standard InChI is InChI=1S/C17H14ClFN4O4S/c18-10-6-7-15(12(19)8-10)28(26,27)22-17(25)13-9-14(16(20)24)23(21-13)11-4-2-1-3-5-11/h1-8,14H,9H2,(H2,20,24)(H,22,25). The van der Waals surface area contributed by atoms with Gasteiger partial charge in [0, 0.05) is 11.4 Å². The zero-order valence-electron chi connectivity index (χ0n) is 14.2. The number of anilines is 1. The molecule has 3 rings (SSSR count). The summed E-state index contributed by atoms with van der Waals surface area (Å²) in [6.45, 7) is 0. The summed E-state index contributed by atoms with van der Waals surface area (Å²) in [4.78, 5) is 23.4. The Hall–Kier alpha value is -2.98. The van der Waals surface area contributed by atoms with Gasteiger partial charge in [0.2, 0.25) is 5.91 Å². The number of rotatable bonds is 5. The Kier molecular flexibility index (Phi) is 5.34. The molecule has 2 aromatic rings. The number of benzene rings is 2. The molecule has 0 fully saturated rings. The molecule has 0 bridgehead atoms. The van der Waals surface area contributed by atoms with Crippen molar-refractivity contribution in [1.29, 1.82) is 0 Å². The van der Waals surface area contributed by atoms with Gasteiger partial charge in [-0.05, 0) is 30.3 Å². The summed E-state index contributed by atoms with van der Waals surface area (Å²) in [6, 6.07) is 10.4. The summed E-state index contributed by atoms with van der Waals surface area (Å²) >= 11 is 5.61. The van der Waals surface area contributed by atoms with Crippen molar-refractivity contribution in [3.63, 3.8) is 0 Å². The number of hydrazone groups is 1. The average Bonchev–Trinajstić information content (AvgIpc) is 3.07. The van der Waals surface area contributed by atoms with Crippen LogP contribution in [0.2, 0.25) is 5.02 Å². The number of carbonyl (C=O) groups is 2. The number of hydrogen-bond acceptors (Lipinski definition) is 6. The highest BCUT2D eigenvalue weighted by Crippen LogP contribution is 2.25. The van der Waals surface area contributed by atoms with Gasteiger partial charge in [0.15, 0.2) is 0 Å². The molecule has 2 amide bonds. The molecule has 1 aliphatic rings. The van der Waals surface area contributed by atoms with E-state index in [1.54, 1.807) is 35.1 Å². The fraction of sp³-hybridized carbons (Fsp3) is 0.118. The van der Waals surface area contributed by atoms with E-state index in [0.29, 0.717) is 5.69 Å². The van der Waals surface area contributed by atoms with Crippen LogP contribution in [0.3, 0.4) is 0 Å². The molecule has 28 heavy (non-hydrogen) atoms. The molecule has 2 aromatic carbocycles. The number of nitrogens with one attached hydrogen (secondary N) is 1. The molecule has 1 aliphatic heterocycles. The van der Waals surface area contributed by atoms with Crippen LogP contribution in [-0.2, 0) is 19.6 Å². The normalized spacial score (nSPS) is 16.6. The van der Waals surface area contributed by atoms with Crippen LogP contribution in [0.4, 0.5) is 10.1 Å². The van der Waals surface area contributed by atoms with Crippen LogP contribution in [0.1, 0.15) is 6.42 Å². The van der Waals surface area contributed by atoms with Crippen molar-refractivity contribution in [2.75, 3.05) is 5.01 Å². The predicted octanol–water partition coefficient (Wildman–Crippen LogP) is 1.40. The van der Waals surface area contributed by atoms with E-state index in [9.17, 15) is 22.4 Å². The third kappa shape index (κ3) is 3.97. The number of amides is 2. The second kappa shape index (κ2) is 7.56. The molecule has 8 nitrogen and oxygen atoms in total. The van der Waals surface area contributed by atoms with Crippen LogP contribution in [0, 0.1) is 5.82 Å². The summed E-state index contributed by atoms with van der Waals surface area (Å²) in [5.41, 5.74) is 5.64. The Balaban J connectivity index is 1.86. The largest absolute Gasteiger partial charge is 0.368 e. The third-order valence-corrected chi connectivity index (χ3v) is 5.53. The van der Waals surface area contributed by atoms with Gasteiger partial charge in [-0.2, -0.15) is 5.10 Å². The van der Waals surface area contributed by atoms with Gasteiger partial charge in [0.25, 0.3) is 15.9 Å². The number of nitrogens with zero attached hydrogens (tertiary/aromatic N) is 2. The lowest BCUT2D eigenvalue weighted by Gasteiger charge is -2.20. The minimum atomic E-state index is -4.51. The fourth-order valence-corrected chi connectivity index (χ4v) is 3.81. The molecule has 0 radical (unpaired) electrons. The maximum atomic E-state index is 13.9. The molecule has 1 atom stereocenters. The molecular weight excluding hydrogens is 411 g/mol. The number of carbonyl (C=O) groups excluding carboxylic acids is 2. The molecule has 11 heteroatoms. The molecule has 0 saturated heterocycles. The smallest absolute Gasteiger partial charge is 0.281 e. The molecule has 0 aliphatic carbocycles. The van der Waals surface area contributed by atoms with E-state index in [1.807, 2.05) is 0 Å². The first kappa shape index (κ1) is 19.8. The van der Waals surface area contributed by atoms with Crippen molar-refractivity contribution >= 4 is 44.8 Å². The van der Waals surface area contributed by atoms with E-state index in [2.05, 4.69) is 5.10 Å². The highest BCUT2D eigenvalue weighted by molar-refractivity contribution is 7.90. The zero-order valence-corrected chi connectivity index (χ0v) is 15.7. The second-order valence-corrected chi connectivity index (χ2v) is 7.95. The molecular formula is C17H14ClFN4O4S. The predicted molar refractivity (Wildman–Crippen MR) is 101 cm³/mol. The van der Waals surface area contributed by atoms with Gasteiger partial charge in [0.1, 0.15) is 22.5 Å². The first-order valence-corrected chi connectivity index (χ1v) is 9.78. The maximum absolute atomic E-state index is 13.9. The van der Waals surface area contributed by atoms with Crippen molar-refractivity contribution < 1.29 is 22.4 Å². The molecule has 0 aromatic heterocycles. The van der Waals surface area contributed by atoms with E-state index in [-0.39, 0.29) is 17.2 Å². The van der Waals surface area contributed by atoms with Crippen LogP contribution in [-0.4, -0.2) is 32.0 Å². The highest BCUT2D eigenvalue weighted by atomic mass is 35.5. The zero-order chi connectivity index (χ0) is 20.5. The van der Waals surface area contributed by atoms with Gasteiger partial charge in [0.05, 0.1) is 5.69 Å². The summed E-state index contributed by atoms with van der Waals surface area (Å²) in [7, 11) is -4.51. The number of sulfonamides is 1. The molecule has 0 saturated carbocycles. The minimum absolute atomic E-state index is 0.00532. The summed E-state index contributed by atoms with van der Waals surface area (Å²) in [5, 5.41) is 5.28. The van der Waals surface area contributed by atoms with E-state index in [0.717, 1.165) is 12.1 Å². The lowest BCUT2D eigenvalue weighted by Crippen LogP contribution is -2.40. The Morgan fingerprint density at radius 1 is 1.21 bits per heavy atom. The Morgan fingerprint density at radius 2 is 1.89 bits per heavy atom. The Bertz CT molecular complexity index is 1080. The summed E-state index contributed by atoms with van der Waals surface area (Å²) in [6.07, 6.45) is -0.200. The monoisotopic (exact) mass is 424 g/mol. The Morgan fingerprint density at radius 3 is 2.50 bits per heavy atom. The highest BCUT2D eigenvalue weighted by Gasteiger charge is 2.36. The van der Waals surface area contributed by atoms with Crippen LogP contribution in [0.5, 0.6) is 0 Å². The van der Waals surface area contributed by atoms with E-state index >= 15 is 0 Å². The fourth-order valence-electron chi connectivity index (χ4n) is 2.62. The first-order chi connectivity index (χ1) is 13.2. The van der Waals surface area contributed by atoms with Gasteiger partial charge >= 0.3 is 0 Å². The van der Waals surface area contributed by atoms with Gasteiger partial charge in [-0.1, -0.05) is 29.8 Å². The van der Waals surface area contributed by atoms with Crippen molar-refractivity contribution in [3.8, 4) is 0 Å². The van der Waals surface area contributed by atoms with Crippen molar-refractivity contribution in [2.24, 2.45) is 10.8 Å². The van der Waals surface area contributed by atoms with Crippen LogP contribution >= 0.6 is 11.6 Å². The SMILES string of the molecule is NC(=O)C1CC(C(=O)NS(=O)(=O)c2ccc(Cl)cc2F)=NN1c1ccccc1. The average molecular weight is 425 g/mol. The number of hydrogen-bond donors (Lipinski definition) is 2. The van der Waals surface area contributed by atoms with E-state index < -0.39 is 38.6 Å². The quantitative estimate of drug-likeness (QED) is 0.751. The van der Waals surface area contributed by atoms with Gasteiger partial charge in [-0.3, -0.25) is 14.6 Å². The van der Waals surface area contributed by atoms with Crippen LogP contribution < -0.4 is 15.5 Å². The van der Waals surface area contributed by atoms with Gasteiger partial charge in [-0.25, -0.2) is 17.5 Å². The number of halogens is 2. The first-order valence-electron chi connectivity index (χ1n) is 7.92. The molecule has 146 valence electrons. The maximum Gasteiger partial charge on any atom is 0.281 e. The number of nitrogens with two attached hydrogens (primary N) is 1. The van der Waals surface area contributed by atoms with Crippen LogP contribution in [0.25, 0.3) is 0 Å². The van der Waals surface area contributed by atoms with Crippen molar-refractivity contribution in [2.45, 2.75) is 17.4 Å². The molecule has 0 spiro atoms. The minimum Gasteiger partial charge on any atom is -0.368 e. The molecule has 1 unspecified atom stereocenters. The lowest BCUT2D eigenvalue weighted by atomic mass is 10.1. The Labute approximate surface area is 164 Å². The van der Waals surface area contributed by atoms with Crippen molar-refractivity contribution in [3.05, 3.63) is 59.4 Å². The topological polar surface area (TPSA) is 122 Å².